The maximum atomic E-state index is 12.8. The average molecular weight is 455 g/mol. The van der Waals surface area contributed by atoms with Crippen LogP contribution >= 0.6 is 0 Å². The number of piperidine rings is 1. The van der Waals surface area contributed by atoms with Crippen LogP contribution in [0.5, 0.6) is 5.75 Å². The lowest BCUT2D eigenvalue weighted by Crippen LogP contribution is -2.53. The summed E-state index contributed by atoms with van der Waals surface area (Å²) in [5.41, 5.74) is 1.03. The van der Waals surface area contributed by atoms with Crippen LogP contribution in [0.1, 0.15) is 31.2 Å². The van der Waals surface area contributed by atoms with Crippen molar-refractivity contribution >= 4 is 23.8 Å². The molecule has 1 aromatic carbocycles. The number of para-hydroxylation sites is 1. The highest BCUT2D eigenvalue weighted by atomic mass is 16.5. The van der Waals surface area contributed by atoms with Gasteiger partial charge in [-0.1, -0.05) is 30.4 Å². The number of hydrogen-bond donors (Lipinski definition) is 2. The van der Waals surface area contributed by atoms with Gasteiger partial charge in [0, 0.05) is 38.0 Å². The SMILES string of the molecule is O=C1COc2ccccc2C/C=C/C[C@H]2CN(C(=O)CCCN3C(=O)CNC3=O)CC[C@H]2N1. The molecule has 0 aliphatic carbocycles. The Kier molecular flexibility index (Phi) is 7.26. The quantitative estimate of drug-likeness (QED) is 0.526. The molecular weight excluding hydrogens is 424 g/mol. The normalized spacial score (nSPS) is 24.4. The van der Waals surface area contributed by atoms with Crippen molar-refractivity contribution in [2.45, 2.75) is 38.1 Å². The highest BCUT2D eigenvalue weighted by molar-refractivity contribution is 6.01. The van der Waals surface area contributed by atoms with Crippen LogP contribution in [0.25, 0.3) is 0 Å². The van der Waals surface area contributed by atoms with Crippen molar-refractivity contribution in [1.29, 1.82) is 0 Å². The van der Waals surface area contributed by atoms with Gasteiger partial charge in [-0.15, -0.1) is 0 Å². The summed E-state index contributed by atoms with van der Waals surface area (Å²) in [6.07, 6.45) is 7.12. The molecule has 5 amide bonds. The van der Waals surface area contributed by atoms with Crippen LogP contribution < -0.4 is 15.4 Å². The van der Waals surface area contributed by atoms with Crippen molar-refractivity contribution in [3.05, 3.63) is 42.0 Å². The number of nitrogens with one attached hydrogen (secondary N) is 2. The third-order valence-corrected chi connectivity index (χ3v) is 6.42. The van der Waals surface area contributed by atoms with Crippen LogP contribution in [0.2, 0.25) is 0 Å². The lowest BCUT2D eigenvalue weighted by Gasteiger charge is -2.39. The number of allylic oxidation sites excluding steroid dienone is 2. The number of benzene rings is 1. The Labute approximate surface area is 193 Å². The van der Waals surface area contributed by atoms with Crippen molar-refractivity contribution in [3.63, 3.8) is 0 Å². The Morgan fingerprint density at radius 2 is 2.00 bits per heavy atom. The number of fused-ring (bicyclic) bond motifs is 2. The van der Waals surface area contributed by atoms with E-state index < -0.39 is 6.03 Å². The molecule has 3 aliphatic heterocycles. The predicted octanol–water partition coefficient (Wildman–Crippen LogP) is 1.23. The summed E-state index contributed by atoms with van der Waals surface area (Å²) in [5, 5.41) is 5.58. The summed E-state index contributed by atoms with van der Waals surface area (Å²) < 4.78 is 5.75. The first-order valence-electron chi connectivity index (χ1n) is 11.5. The summed E-state index contributed by atoms with van der Waals surface area (Å²) in [5.74, 6) is 0.443. The van der Waals surface area contributed by atoms with Gasteiger partial charge in [-0.05, 0) is 37.3 Å². The molecule has 3 heterocycles. The number of rotatable bonds is 4. The van der Waals surface area contributed by atoms with E-state index in [1.54, 1.807) is 0 Å². The van der Waals surface area contributed by atoms with E-state index in [1.807, 2.05) is 29.2 Å². The van der Waals surface area contributed by atoms with Crippen LogP contribution in [0.15, 0.2) is 36.4 Å². The van der Waals surface area contributed by atoms with Gasteiger partial charge in [-0.25, -0.2) is 4.79 Å². The zero-order chi connectivity index (χ0) is 23.2. The molecule has 4 rings (SSSR count). The number of carbonyl (C=O) groups excluding carboxylic acids is 4. The van der Waals surface area contributed by atoms with Gasteiger partial charge in [-0.3, -0.25) is 19.3 Å². The van der Waals surface area contributed by atoms with Gasteiger partial charge in [0.05, 0.1) is 6.54 Å². The van der Waals surface area contributed by atoms with E-state index in [0.29, 0.717) is 25.9 Å². The number of ether oxygens (including phenoxy) is 1. The number of imide groups is 1. The molecule has 2 fully saturated rings. The van der Waals surface area contributed by atoms with Crippen molar-refractivity contribution in [2.75, 3.05) is 32.8 Å². The van der Waals surface area contributed by atoms with Gasteiger partial charge in [-0.2, -0.15) is 0 Å². The van der Waals surface area contributed by atoms with Crippen molar-refractivity contribution < 1.29 is 23.9 Å². The largest absolute Gasteiger partial charge is 0.483 e. The van der Waals surface area contributed by atoms with E-state index in [1.165, 1.54) is 0 Å². The lowest BCUT2D eigenvalue weighted by molar-refractivity contribution is -0.134. The number of carbonyl (C=O) groups is 4. The molecule has 1 aromatic rings. The van der Waals surface area contributed by atoms with E-state index in [-0.39, 0.29) is 55.8 Å². The Hall–Kier alpha value is -3.36. The maximum Gasteiger partial charge on any atom is 0.324 e. The standard InChI is InChI=1S/C24H30N4O5/c29-21-16-33-20-9-4-3-7-17(20)6-1-2-8-18-15-27(13-11-19(18)26-21)22(30)10-5-12-28-23(31)14-25-24(28)32/h1-4,7,9,18-19H,5-6,8,10-16H2,(H,25,32)(H,26,29)/b2-1+/t18-,19+/m0/s1. The van der Waals surface area contributed by atoms with E-state index in [4.69, 9.17) is 4.74 Å². The second kappa shape index (κ2) is 10.5. The lowest BCUT2D eigenvalue weighted by atomic mass is 9.88. The van der Waals surface area contributed by atoms with Crippen molar-refractivity contribution in [1.82, 2.24) is 20.4 Å². The molecule has 9 heteroatoms. The molecule has 0 unspecified atom stereocenters. The highest BCUT2D eigenvalue weighted by Crippen LogP contribution is 2.24. The number of nitrogens with zero attached hydrogens (tertiary/aromatic N) is 2. The molecule has 2 saturated heterocycles. The van der Waals surface area contributed by atoms with Crippen LogP contribution in [0.3, 0.4) is 0 Å². The second-order valence-electron chi connectivity index (χ2n) is 8.68. The molecule has 3 aliphatic rings. The van der Waals surface area contributed by atoms with Gasteiger partial charge in [0.2, 0.25) is 11.8 Å². The molecule has 176 valence electrons. The van der Waals surface area contributed by atoms with Gasteiger partial charge < -0.3 is 20.3 Å². The average Bonchev–Trinajstić information content (AvgIpc) is 3.13. The minimum atomic E-state index is -0.393. The minimum Gasteiger partial charge on any atom is -0.483 e. The fourth-order valence-corrected chi connectivity index (χ4v) is 4.60. The molecular formula is C24H30N4O5. The first-order valence-corrected chi connectivity index (χ1v) is 11.5. The third-order valence-electron chi connectivity index (χ3n) is 6.42. The Morgan fingerprint density at radius 1 is 1.15 bits per heavy atom. The molecule has 9 nitrogen and oxygen atoms in total. The minimum absolute atomic E-state index is 0.0131. The summed E-state index contributed by atoms with van der Waals surface area (Å²) in [7, 11) is 0. The molecule has 2 N–H and O–H groups in total. The predicted molar refractivity (Wildman–Crippen MR) is 120 cm³/mol. The van der Waals surface area contributed by atoms with E-state index in [9.17, 15) is 19.2 Å². The summed E-state index contributed by atoms with van der Waals surface area (Å²) in [6, 6.07) is 7.31. The molecule has 33 heavy (non-hydrogen) atoms. The summed E-state index contributed by atoms with van der Waals surface area (Å²) in [6.45, 7) is 1.37. The fourth-order valence-electron chi connectivity index (χ4n) is 4.60. The van der Waals surface area contributed by atoms with Gasteiger partial charge in [0.25, 0.3) is 5.91 Å². The zero-order valence-electron chi connectivity index (χ0n) is 18.6. The van der Waals surface area contributed by atoms with Crippen LogP contribution in [0.4, 0.5) is 4.79 Å². The summed E-state index contributed by atoms with van der Waals surface area (Å²) in [4.78, 5) is 51.6. The maximum absolute atomic E-state index is 12.8. The Bertz CT molecular complexity index is 931. The summed E-state index contributed by atoms with van der Waals surface area (Å²) >= 11 is 0. The van der Waals surface area contributed by atoms with E-state index in [0.717, 1.165) is 29.1 Å². The molecule has 0 radical (unpaired) electrons. The van der Waals surface area contributed by atoms with E-state index >= 15 is 0 Å². The topological polar surface area (TPSA) is 108 Å². The van der Waals surface area contributed by atoms with Gasteiger partial charge in [0.1, 0.15) is 5.75 Å². The Morgan fingerprint density at radius 3 is 2.82 bits per heavy atom. The number of likely N-dealkylation sites (tertiary alicyclic amines) is 1. The molecule has 0 bridgehead atoms. The number of hydrogen-bond acceptors (Lipinski definition) is 5. The number of urea groups is 1. The highest BCUT2D eigenvalue weighted by Gasteiger charge is 2.32. The number of amides is 5. The Balaban J connectivity index is 1.34. The third kappa shape index (κ3) is 5.71. The molecule has 0 aromatic heterocycles. The monoisotopic (exact) mass is 454 g/mol. The van der Waals surface area contributed by atoms with Crippen molar-refractivity contribution in [3.8, 4) is 5.75 Å². The van der Waals surface area contributed by atoms with Gasteiger partial charge >= 0.3 is 6.03 Å². The van der Waals surface area contributed by atoms with Crippen molar-refractivity contribution in [2.24, 2.45) is 5.92 Å². The van der Waals surface area contributed by atoms with E-state index in [2.05, 4.69) is 22.8 Å². The van der Waals surface area contributed by atoms with Gasteiger partial charge in [0.15, 0.2) is 6.61 Å². The van der Waals surface area contributed by atoms with Crippen LogP contribution in [-0.4, -0.2) is 72.4 Å². The zero-order valence-corrected chi connectivity index (χ0v) is 18.6. The molecule has 2 atom stereocenters. The smallest absolute Gasteiger partial charge is 0.324 e. The molecule has 0 spiro atoms. The second-order valence-corrected chi connectivity index (χ2v) is 8.68. The van der Waals surface area contributed by atoms with Crippen LogP contribution in [0, 0.1) is 5.92 Å². The fraction of sp³-hybridized carbons (Fsp3) is 0.500. The molecule has 0 saturated carbocycles. The van der Waals surface area contributed by atoms with Crippen LogP contribution in [-0.2, 0) is 20.8 Å². The first kappa shape index (κ1) is 22.8. The first-order chi connectivity index (χ1) is 16.0.